The zero-order valence-corrected chi connectivity index (χ0v) is 7.73. The van der Waals surface area contributed by atoms with Crippen LogP contribution in [-0.4, -0.2) is 34.1 Å². The predicted octanol–water partition coefficient (Wildman–Crippen LogP) is 0.298. The van der Waals surface area contributed by atoms with E-state index in [-0.39, 0.29) is 6.61 Å². The molecule has 2 unspecified atom stereocenters. The van der Waals surface area contributed by atoms with Crippen LogP contribution < -0.4 is 0 Å². The Balaban J connectivity index is 2.71. The van der Waals surface area contributed by atoms with Gasteiger partial charge in [0.2, 0.25) is 0 Å². The van der Waals surface area contributed by atoms with Crippen LogP contribution in [0.1, 0.15) is 13.8 Å². The first-order chi connectivity index (χ1) is 4.95. The maximum Gasteiger partial charge on any atom is 0.323 e. The molecule has 0 aromatic rings. The second-order valence-corrected chi connectivity index (χ2v) is 3.58. The summed E-state index contributed by atoms with van der Waals surface area (Å²) in [5.41, 5.74) is -0.478. The molecule has 5 heteroatoms. The molecule has 0 spiro atoms. The van der Waals surface area contributed by atoms with Crippen LogP contribution in [0.15, 0.2) is 0 Å². The molecule has 64 valence electrons. The first kappa shape index (κ1) is 8.91. The van der Waals surface area contributed by atoms with Crippen LogP contribution in [0.2, 0.25) is 0 Å². The van der Waals surface area contributed by atoms with Crippen LogP contribution in [-0.2, 0) is 9.53 Å². The van der Waals surface area contributed by atoms with Gasteiger partial charge < -0.3 is 9.84 Å². The van der Waals surface area contributed by atoms with Crippen molar-refractivity contribution in [3.8, 4) is 0 Å². The molecule has 0 bridgehead atoms. The second-order valence-electron chi connectivity index (χ2n) is 3.02. The Hall–Kier alpha value is -0.180. The van der Waals surface area contributed by atoms with E-state index in [1.165, 1.54) is 0 Å². The first-order valence-electron chi connectivity index (χ1n) is 3.36. The number of hydrogen-bond donors (Lipinski definition) is 1. The van der Waals surface area contributed by atoms with Crippen LogP contribution in [0.3, 0.4) is 0 Å². The van der Waals surface area contributed by atoms with E-state index >= 15 is 0 Å². The van der Waals surface area contributed by atoms with Gasteiger partial charge >= 0.3 is 5.97 Å². The normalized spacial score (nSPS) is 30.6. The molecule has 1 N–H and O–H groups in total. The molecule has 4 nitrogen and oxygen atoms in total. The van der Waals surface area contributed by atoms with Gasteiger partial charge in [0.05, 0.1) is 6.61 Å². The zero-order chi connectivity index (χ0) is 8.65. The lowest BCUT2D eigenvalue weighted by atomic mass is 10.3. The van der Waals surface area contributed by atoms with E-state index in [9.17, 15) is 4.79 Å². The summed E-state index contributed by atoms with van der Waals surface area (Å²) in [6.45, 7) is 3.93. The molecule has 0 saturated carbocycles. The average molecular weight is 177 g/mol. The highest BCUT2D eigenvalue weighted by Crippen LogP contribution is 2.30. The van der Waals surface area contributed by atoms with Crippen molar-refractivity contribution in [1.29, 1.82) is 0 Å². The minimum absolute atomic E-state index is 0.256. The molecule has 11 heavy (non-hydrogen) atoms. The molecule has 1 saturated heterocycles. The summed E-state index contributed by atoms with van der Waals surface area (Å²) in [5, 5.41) is 8.68. The molecule has 1 aliphatic rings. The number of nitrogens with zero attached hydrogens (tertiary/aromatic N) is 1. The first-order valence-corrected chi connectivity index (χ1v) is 3.87. The third-order valence-corrected chi connectivity index (χ3v) is 2.82. The quantitative estimate of drug-likeness (QED) is 0.585. The van der Waals surface area contributed by atoms with Gasteiger partial charge in [-0.05, 0) is 13.8 Å². The van der Waals surface area contributed by atoms with E-state index in [2.05, 4.69) is 9.39 Å². The summed E-state index contributed by atoms with van der Waals surface area (Å²) in [4.78, 5) is 10.6. The second kappa shape index (κ2) is 2.70. The van der Waals surface area contributed by atoms with Crippen molar-refractivity contribution in [2.24, 2.45) is 0 Å². The number of carboxylic acid groups (broad SMARTS) is 1. The lowest BCUT2D eigenvalue weighted by molar-refractivity contribution is -0.140. The van der Waals surface area contributed by atoms with Gasteiger partial charge in [-0.25, -0.2) is 4.67 Å². The summed E-state index contributed by atoms with van der Waals surface area (Å²) in [7, 11) is 2.38. The van der Waals surface area contributed by atoms with Crippen molar-refractivity contribution in [3.63, 3.8) is 0 Å². The van der Waals surface area contributed by atoms with Crippen molar-refractivity contribution in [1.82, 2.24) is 4.67 Å². The van der Waals surface area contributed by atoms with E-state index in [0.29, 0.717) is 0 Å². The highest BCUT2D eigenvalue weighted by atomic mass is 31.0. The largest absolute Gasteiger partial charge is 0.480 e. The Morgan fingerprint density at radius 2 is 2.36 bits per heavy atom. The average Bonchev–Trinajstić information content (AvgIpc) is 2.09. The van der Waals surface area contributed by atoms with Gasteiger partial charge in [-0.3, -0.25) is 4.79 Å². The molecule has 0 aliphatic carbocycles. The van der Waals surface area contributed by atoms with Gasteiger partial charge in [-0.1, -0.05) is 9.39 Å². The summed E-state index contributed by atoms with van der Waals surface area (Å²) in [6.07, 6.45) is 0. The van der Waals surface area contributed by atoms with E-state index in [1.54, 1.807) is 4.67 Å². The molecule has 0 amide bonds. The van der Waals surface area contributed by atoms with Crippen LogP contribution in [0.4, 0.5) is 0 Å². The molecule has 1 heterocycles. The Bertz CT molecular complexity index is 183. The van der Waals surface area contributed by atoms with Gasteiger partial charge in [0, 0.05) is 0 Å². The minimum atomic E-state index is -0.842. The summed E-state index contributed by atoms with van der Waals surface area (Å²) in [6, 6.07) is -0.532. The van der Waals surface area contributed by atoms with E-state index in [4.69, 9.17) is 9.84 Å². The highest BCUT2D eigenvalue weighted by Gasteiger charge is 2.41. The summed E-state index contributed by atoms with van der Waals surface area (Å²) < 4.78 is 6.88. The fourth-order valence-corrected chi connectivity index (χ4v) is 1.29. The maximum atomic E-state index is 10.6. The third-order valence-electron chi connectivity index (χ3n) is 1.84. The molecular weight excluding hydrogens is 165 g/mol. The van der Waals surface area contributed by atoms with Gasteiger partial charge in [-0.15, -0.1) is 0 Å². The number of carboxylic acids is 1. The van der Waals surface area contributed by atoms with Gasteiger partial charge in [0.15, 0.2) is 0 Å². The molecule has 0 aromatic heterocycles. The fourth-order valence-electron chi connectivity index (χ4n) is 1.00. The van der Waals surface area contributed by atoms with Crippen LogP contribution in [0.5, 0.6) is 0 Å². The highest BCUT2D eigenvalue weighted by molar-refractivity contribution is 7.13. The molecule has 1 rings (SSSR count). The zero-order valence-electron chi connectivity index (χ0n) is 6.57. The number of hydrogen-bond acceptors (Lipinski definition) is 3. The van der Waals surface area contributed by atoms with Crippen molar-refractivity contribution in [3.05, 3.63) is 0 Å². The summed E-state index contributed by atoms with van der Waals surface area (Å²) >= 11 is 0. The molecule has 2 atom stereocenters. The lowest BCUT2D eigenvalue weighted by Crippen LogP contribution is -2.39. The Labute approximate surface area is 67.8 Å². The Kier molecular flexibility index (Phi) is 2.19. The minimum Gasteiger partial charge on any atom is -0.480 e. The fraction of sp³-hybridized carbons (Fsp3) is 0.833. The topological polar surface area (TPSA) is 49.8 Å². The van der Waals surface area contributed by atoms with Crippen molar-refractivity contribution in [2.75, 3.05) is 6.61 Å². The molecule has 0 aromatic carbocycles. The van der Waals surface area contributed by atoms with Crippen molar-refractivity contribution < 1.29 is 14.6 Å². The molecule has 1 fully saturated rings. The van der Waals surface area contributed by atoms with Crippen LogP contribution >= 0.6 is 9.39 Å². The SMILES string of the molecule is CC1(C)OCC(C(=O)O)N1P. The smallest absolute Gasteiger partial charge is 0.323 e. The number of aliphatic carboxylic acids is 1. The predicted molar refractivity (Wildman–Crippen MR) is 43.0 cm³/mol. The standard InChI is InChI=1S/C6H12NO3P/c1-6(2)7(11)4(3-10-6)5(8)9/h4H,3,11H2,1-2H3,(H,8,9). The monoisotopic (exact) mass is 177 g/mol. The Morgan fingerprint density at radius 3 is 2.55 bits per heavy atom. The van der Waals surface area contributed by atoms with E-state index in [1.807, 2.05) is 13.8 Å². The van der Waals surface area contributed by atoms with E-state index < -0.39 is 17.7 Å². The van der Waals surface area contributed by atoms with E-state index in [0.717, 1.165) is 0 Å². The van der Waals surface area contributed by atoms with Crippen molar-refractivity contribution in [2.45, 2.75) is 25.6 Å². The lowest BCUT2D eigenvalue weighted by Gasteiger charge is -2.27. The molecular formula is C6H12NO3P. The maximum absolute atomic E-state index is 10.6. The van der Waals surface area contributed by atoms with Gasteiger partial charge in [0.1, 0.15) is 11.8 Å². The van der Waals surface area contributed by atoms with Crippen molar-refractivity contribution >= 4 is 15.4 Å². The van der Waals surface area contributed by atoms with Gasteiger partial charge in [0.25, 0.3) is 0 Å². The summed E-state index contributed by atoms with van der Waals surface area (Å²) in [5.74, 6) is -0.842. The van der Waals surface area contributed by atoms with Crippen LogP contribution in [0, 0.1) is 0 Å². The molecule has 0 radical (unpaired) electrons. The number of carbonyl (C=O) groups is 1. The number of ether oxygens (including phenoxy) is 1. The Morgan fingerprint density at radius 1 is 1.82 bits per heavy atom. The van der Waals surface area contributed by atoms with Crippen LogP contribution in [0.25, 0.3) is 0 Å². The number of rotatable bonds is 1. The molecule has 1 aliphatic heterocycles. The third kappa shape index (κ3) is 1.53. The van der Waals surface area contributed by atoms with Gasteiger partial charge in [-0.2, -0.15) is 0 Å².